The standard InChI is InChI=1S/C16H18N4OS.2ClH/c1-19-6-2-3-11(8-19)12-9-20-13-5-4-10(15(17)21)7-14(13)22-16(20)18-12;;/h4-5,7,9,11H,2-3,6,8H2,1H3,(H2,17,21);2*1H/t11-;;/m1../s1. The number of carbonyl (C=O) groups is 1. The SMILES string of the molecule is CN1CCC[C@@H](c2cn3c(n2)sc2cc(C(N)=O)ccc23)C1.Cl.Cl. The van der Waals surface area contributed by atoms with Gasteiger partial charge in [-0.05, 0) is 44.6 Å². The number of nitrogens with zero attached hydrogens (tertiary/aromatic N) is 3. The number of amides is 1. The topological polar surface area (TPSA) is 63.6 Å². The predicted molar refractivity (Wildman–Crippen MR) is 103 cm³/mol. The maximum Gasteiger partial charge on any atom is 0.248 e. The lowest BCUT2D eigenvalue weighted by molar-refractivity contribution is 0.100. The summed E-state index contributed by atoms with van der Waals surface area (Å²) in [6.45, 7) is 2.26. The Bertz CT molecular complexity index is 876. The minimum Gasteiger partial charge on any atom is -0.366 e. The van der Waals surface area contributed by atoms with E-state index in [0.29, 0.717) is 11.5 Å². The molecule has 4 rings (SSSR count). The lowest BCUT2D eigenvalue weighted by Gasteiger charge is -2.28. The first kappa shape index (κ1) is 19.0. The van der Waals surface area contributed by atoms with Crippen LogP contribution in [0.5, 0.6) is 0 Å². The molecule has 1 aliphatic rings. The van der Waals surface area contributed by atoms with Crippen LogP contribution in [0.25, 0.3) is 15.2 Å². The fraction of sp³-hybridized carbons (Fsp3) is 0.375. The smallest absolute Gasteiger partial charge is 0.248 e. The Kier molecular flexibility index (Phi) is 5.75. The van der Waals surface area contributed by atoms with E-state index in [1.54, 1.807) is 17.4 Å². The average molecular weight is 387 g/mol. The number of likely N-dealkylation sites (N-methyl/N-ethyl adjacent to an activating group) is 1. The van der Waals surface area contributed by atoms with Gasteiger partial charge in [0.15, 0.2) is 4.96 Å². The molecule has 1 amide bonds. The summed E-state index contributed by atoms with van der Waals surface area (Å²) in [6.07, 6.45) is 4.59. The van der Waals surface area contributed by atoms with Gasteiger partial charge in [0.1, 0.15) is 0 Å². The number of carbonyl (C=O) groups excluding carboxylic acids is 1. The van der Waals surface area contributed by atoms with Gasteiger partial charge in [-0.2, -0.15) is 0 Å². The van der Waals surface area contributed by atoms with E-state index in [-0.39, 0.29) is 30.7 Å². The third kappa shape index (κ3) is 3.24. The molecule has 0 radical (unpaired) electrons. The highest BCUT2D eigenvalue weighted by Crippen LogP contribution is 2.31. The zero-order valence-corrected chi connectivity index (χ0v) is 15.7. The number of thiazole rings is 1. The molecule has 24 heavy (non-hydrogen) atoms. The van der Waals surface area contributed by atoms with Crippen molar-refractivity contribution in [3.8, 4) is 0 Å². The number of primary amides is 1. The predicted octanol–water partition coefficient (Wildman–Crippen LogP) is 3.30. The van der Waals surface area contributed by atoms with Gasteiger partial charge in [0, 0.05) is 24.2 Å². The van der Waals surface area contributed by atoms with Crippen LogP contribution in [0.1, 0.15) is 34.8 Å². The fourth-order valence-electron chi connectivity index (χ4n) is 3.28. The number of rotatable bonds is 2. The van der Waals surface area contributed by atoms with Crippen molar-refractivity contribution in [2.24, 2.45) is 5.73 Å². The van der Waals surface area contributed by atoms with Crippen LogP contribution < -0.4 is 5.73 Å². The second kappa shape index (κ2) is 7.27. The molecule has 1 fully saturated rings. The zero-order chi connectivity index (χ0) is 15.3. The number of hydrogen-bond donors (Lipinski definition) is 1. The van der Waals surface area contributed by atoms with Crippen molar-refractivity contribution >= 4 is 57.2 Å². The highest BCUT2D eigenvalue weighted by molar-refractivity contribution is 7.23. The Labute approximate surface area is 156 Å². The van der Waals surface area contributed by atoms with Gasteiger partial charge in [-0.15, -0.1) is 24.8 Å². The van der Waals surface area contributed by atoms with E-state index in [0.717, 1.165) is 21.7 Å². The molecule has 2 aromatic heterocycles. The molecule has 130 valence electrons. The second-order valence-electron chi connectivity index (χ2n) is 6.07. The third-order valence-corrected chi connectivity index (χ3v) is 5.46. The molecule has 0 saturated carbocycles. The third-order valence-electron chi connectivity index (χ3n) is 4.44. The van der Waals surface area contributed by atoms with Crippen molar-refractivity contribution in [1.82, 2.24) is 14.3 Å². The van der Waals surface area contributed by atoms with E-state index in [2.05, 4.69) is 22.5 Å². The van der Waals surface area contributed by atoms with Gasteiger partial charge < -0.3 is 10.6 Å². The summed E-state index contributed by atoms with van der Waals surface area (Å²) in [6, 6.07) is 5.59. The summed E-state index contributed by atoms with van der Waals surface area (Å²) in [5.41, 5.74) is 8.16. The van der Waals surface area contributed by atoms with E-state index in [9.17, 15) is 4.79 Å². The number of likely N-dealkylation sites (tertiary alicyclic amines) is 1. The molecule has 3 aromatic rings. The first-order valence-electron chi connectivity index (χ1n) is 7.52. The molecule has 2 N–H and O–H groups in total. The summed E-state index contributed by atoms with van der Waals surface area (Å²) < 4.78 is 3.18. The highest BCUT2D eigenvalue weighted by Gasteiger charge is 2.22. The number of hydrogen-bond acceptors (Lipinski definition) is 4. The molecule has 8 heteroatoms. The Hall–Kier alpha value is -1.34. The number of imidazole rings is 1. The monoisotopic (exact) mass is 386 g/mol. The van der Waals surface area contributed by atoms with Crippen molar-refractivity contribution in [1.29, 1.82) is 0 Å². The van der Waals surface area contributed by atoms with Crippen LogP contribution >= 0.6 is 36.2 Å². The van der Waals surface area contributed by atoms with E-state index >= 15 is 0 Å². The molecular formula is C16H20Cl2N4OS. The number of piperidine rings is 1. The van der Waals surface area contributed by atoms with E-state index in [1.165, 1.54) is 25.1 Å². The van der Waals surface area contributed by atoms with Gasteiger partial charge >= 0.3 is 0 Å². The first-order valence-corrected chi connectivity index (χ1v) is 8.33. The summed E-state index contributed by atoms with van der Waals surface area (Å²) in [7, 11) is 2.17. The van der Waals surface area contributed by atoms with Crippen LogP contribution in [0.4, 0.5) is 0 Å². The van der Waals surface area contributed by atoms with Crippen LogP contribution in [0.15, 0.2) is 24.4 Å². The van der Waals surface area contributed by atoms with Crippen LogP contribution in [-0.4, -0.2) is 40.3 Å². The van der Waals surface area contributed by atoms with Gasteiger partial charge in [-0.1, -0.05) is 11.3 Å². The van der Waals surface area contributed by atoms with Gasteiger partial charge in [0.2, 0.25) is 5.91 Å². The Morgan fingerprint density at radius 2 is 2.17 bits per heavy atom. The minimum atomic E-state index is -0.390. The fourth-order valence-corrected chi connectivity index (χ4v) is 4.33. The molecular weight excluding hydrogens is 367 g/mol. The number of nitrogens with two attached hydrogens (primary N) is 1. The lowest BCUT2D eigenvalue weighted by atomic mass is 9.96. The van der Waals surface area contributed by atoms with Gasteiger partial charge in [-0.3, -0.25) is 9.20 Å². The molecule has 1 saturated heterocycles. The molecule has 0 aliphatic carbocycles. The number of aromatic nitrogens is 2. The van der Waals surface area contributed by atoms with Crippen LogP contribution in [0, 0.1) is 0 Å². The van der Waals surface area contributed by atoms with Crippen molar-refractivity contribution in [2.45, 2.75) is 18.8 Å². The van der Waals surface area contributed by atoms with Crippen molar-refractivity contribution in [2.75, 3.05) is 20.1 Å². The summed E-state index contributed by atoms with van der Waals surface area (Å²) in [5, 5.41) is 0. The summed E-state index contributed by atoms with van der Waals surface area (Å²) in [5.74, 6) is 0.129. The van der Waals surface area contributed by atoms with Crippen molar-refractivity contribution in [3.05, 3.63) is 35.7 Å². The minimum absolute atomic E-state index is 0. The molecule has 1 atom stereocenters. The summed E-state index contributed by atoms with van der Waals surface area (Å²) in [4.78, 5) is 19.5. The maximum absolute atomic E-state index is 11.3. The van der Waals surface area contributed by atoms with E-state index in [4.69, 9.17) is 10.7 Å². The Morgan fingerprint density at radius 1 is 1.38 bits per heavy atom. The van der Waals surface area contributed by atoms with Crippen LogP contribution in [-0.2, 0) is 0 Å². The molecule has 0 unspecified atom stereocenters. The van der Waals surface area contributed by atoms with Crippen LogP contribution in [0.2, 0.25) is 0 Å². The van der Waals surface area contributed by atoms with Crippen LogP contribution in [0.3, 0.4) is 0 Å². The van der Waals surface area contributed by atoms with Gasteiger partial charge in [0.05, 0.1) is 15.9 Å². The van der Waals surface area contributed by atoms with E-state index in [1.807, 2.05) is 12.1 Å². The zero-order valence-electron chi connectivity index (χ0n) is 13.3. The molecule has 1 aliphatic heterocycles. The second-order valence-corrected chi connectivity index (χ2v) is 7.08. The van der Waals surface area contributed by atoms with Gasteiger partial charge in [0.25, 0.3) is 0 Å². The largest absolute Gasteiger partial charge is 0.366 e. The Balaban J connectivity index is 0.00000104. The number of halogens is 2. The normalized spacial score (nSPS) is 18.3. The molecule has 3 heterocycles. The van der Waals surface area contributed by atoms with Crippen molar-refractivity contribution in [3.63, 3.8) is 0 Å². The quantitative estimate of drug-likeness (QED) is 0.734. The molecule has 1 aromatic carbocycles. The first-order chi connectivity index (χ1) is 10.6. The van der Waals surface area contributed by atoms with Gasteiger partial charge in [-0.25, -0.2) is 4.98 Å². The summed E-state index contributed by atoms with van der Waals surface area (Å²) >= 11 is 1.61. The van der Waals surface area contributed by atoms with E-state index < -0.39 is 0 Å². The average Bonchev–Trinajstić information content (AvgIpc) is 3.03. The maximum atomic E-state index is 11.3. The Morgan fingerprint density at radius 3 is 2.88 bits per heavy atom. The highest BCUT2D eigenvalue weighted by atomic mass is 35.5. The number of fused-ring (bicyclic) bond motifs is 3. The number of benzene rings is 1. The lowest BCUT2D eigenvalue weighted by Crippen LogP contribution is -2.30. The van der Waals surface area contributed by atoms with Crippen molar-refractivity contribution < 1.29 is 4.79 Å². The molecule has 5 nitrogen and oxygen atoms in total. The molecule has 0 spiro atoms. The molecule has 0 bridgehead atoms.